The molecule has 0 bridgehead atoms. The van der Waals surface area contributed by atoms with Gasteiger partial charge in [0.1, 0.15) is 6.54 Å². The number of carbonyl (C=O) groups excluding carboxylic acids is 1. The van der Waals surface area contributed by atoms with E-state index in [9.17, 15) is 4.79 Å². The molecule has 0 unspecified atom stereocenters. The third kappa shape index (κ3) is 1.68. The monoisotopic (exact) mass is 221 g/mol. The van der Waals surface area contributed by atoms with Gasteiger partial charge in [0.15, 0.2) is 5.78 Å². The summed E-state index contributed by atoms with van der Waals surface area (Å²) in [6.07, 6.45) is 0. The van der Waals surface area contributed by atoms with Gasteiger partial charge in [0.2, 0.25) is 0 Å². The van der Waals surface area contributed by atoms with Gasteiger partial charge in [-0.3, -0.25) is 9.79 Å². The summed E-state index contributed by atoms with van der Waals surface area (Å²) in [6.45, 7) is 0.251. The maximum Gasteiger partial charge on any atom is 0.184 e. The molecule has 0 saturated heterocycles. The highest BCUT2D eigenvalue weighted by Gasteiger charge is 2.20. The lowest BCUT2D eigenvalue weighted by atomic mass is 9.93. The Balaban J connectivity index is 2.18. The van der Waals surface area contributed by atoms with Crippen LogP contribution >= 0.6 is 0 Å². The van der Waals surface area contributed by atoms with Crippen molar-refractivity contribution in [3.8, 4) is 0 Å². The first kappa shape index (κ1) is 9.97. The third-order valence-electron chi connectivity index (χ3n) is 2.91. The van der Waals surface area contributed by atoms with Gasteiger partial charge >= 0.3 is 0 Å². The summed E-state index contributed by atoms with van der Waals surface area (Å²) in [5.74, 6) is 0.0975. The Bertz CT molecular complexity index is 599. The smallest absolute Gasteiger partial charge is 0.184 e. The minimum Gasteiger partial charge on any atom is -0.292 e. The molecule has 2 aromatic carbocycles. The van der Waals surface area contributed by atoms with Crippen LogP contribution < -0.4 is 0 Å². The Hall–Kier alpha value is -2.22. The van der Waals surface area contributed by atoms with Crippen LogP contribution in [0.4, 0.5) is 0 Å². The third-order valence-corrected chi connectivity index (χ3v) is 2.91. The number of nitrogens with zero attached hydrogens (tertiary/aromatic N) is 1. The van der Waals surface area contributed by atoms with E-state index >= 15 is 0 Å². The van der Waals surface area contributed by atoms with E-state index in [1.54, 1.807) is 0 Å². The molecule has 0 aliphatic carbocycles. The Morgan fingerprint density at radius 2 is 1.47 bits per heavy atom. The fourth-order valence-corrected chi connectivity index (χ4v) is 2.10. The summed E-state index contributed by atoms with van der Waals surface area (Å²) in [5.41, 5.74) is 3.70. The predicted molar refractivity (Wildman–Crippen MR) is 67.7 cm³/mol. The van der Waals surface area contributed by atoms with Crippen molar-refractivity contribution in [3.05, 3.63) is 71.3 Å². The number of aliphatic imine (C=N–C) groups is 1. The highest BCUT2D eigenvalue weighted by Crippen LogP contribution is 2.20. The molecular formula is C15H11NO. The molecular weight excluding hydrogens is 210 g/mol. The first-order valence-corrected chi connectivity index (χ1v) is 5.59. The molecule has 1 heterocycles. The zero-order valence-corrected chi connectivity index (χ0v) is 9.26. The SMILES string of the molecule is O=C1CN=C(c2ccccc2)c2ccccc21. The number of benzene rings is 2. The van der Waals surface area contributed by atoms with E-state index < -0.39 is 0 Å². The minimum absolute atomic E-state index is 0.0975. The summed E-state index contributed by atoms with van der Waals surface area (Å²) < 4.78 is 0. The molecule has 17 heavy (non-hydrogen) atoms. The number of carbonyl (C=O) groups is 1. The second-order valence-electron chi connectivity index (χ2n) is 4.00. The van der Waals surface area contributed by atoms with Crippen molar-refractivity contribution in [1.82, 2.24) is 0 Å². The standard InChI is InChI=1S/C15H11NO/c17-14-10-16-15(11-6-2-1-3-7-11)13-9-5-4-8-12(13)14/h1-9H,10H2. The summed E-state index contributed by atoms with van der Waals surface area (Å²) in [6, 6.07) is 17.6. The van der Waals surface area contributed by atoms with Crippen LogP contribution in [-0.4, -0.2) is 18.0 Å². The first-order valence-electron chi connectivity index (χ1n) is 5.59. The number of rotatable bonds is 1. The fraction of sp³-hybridized carbons (Fsp3) is 0.0667. The van der Waals surface area contributed by atoms with Crippen LogP contribution in [0.15, 0.2) is 59.6 Å². The molecule has 2 aromatic rings. The number of ketones is 1. The number of hydrogen-bond acceptors (Lipinski definition) is 2. The lowest BCUT2D eigenvalue weighted by Crippen LogP contribution is -2.19. The molecule has 0 atom stereocenters. The van der Waals surface area contributed by atoms with Crippen LogP contribution in [-0.2, 0) is 0 Å². The maximum absolute atomic E-state index is 11.8. The molecule has 0 aromatic heterocycles. The molecule has 2 heteroatoms. The Kier molecular flexibility index (Phi) is 2.33. The van der Waals surface area contributed by atoms with Crippen LogP contribution in [0, 0.1) is 0 Å². The summed E-state index contributed by atoms with van der Waals surface area (Å²) >= 11 is 0. The van der Waals surface area contributed by atoms with Crippen LogP contribution in [0.1, 0.15) is 21.5 Å². The number of fused-ring (bicyclic) bond motifs is 1. The van der Waals surface area contributed by atoms with Crippen LogP contribution in [0.2, 0.25) is 0 Å². The minimum atomic E-state index is 0.0975. The van der Waals surface area contributed by atoms with Gasteiger partial charge in [-0.1, -0.05) is 54.6 Å². The Labute approximate surface area is 99.6 Å². The number of hydrogen-bond donors (Lipinski definition) is 0. The van der Waals surface area contributed by atoms with Gasteiger partial charge in [-0.15, -0.1) is 0 Å². The molecule has 0 amide bonds. The molecule has 2 nitrogen and oxygen atoms in total. The van der Waals surface area contributed by atoms with Crippen LogP contribution in [0.25, 0.3) is 0 Å². The molecule has 1 aliphatic heterocycles. The second kappa shape index (κ2) is 3.98. The van der Waals surface area contributed by atoms with E-state index in [4.69, 9.17) is 0 Å². The molecule has 82 valence electrons. The van der Waals surface area contributed by atoms with Crippen LogP contribution in [0.3, 0.4) is 0 Å². The van der Waals surface area contributed by atoms with E-state index in [-0.39, 0.29) is 12.3 Å². The van der Waals surface area contributed by atoms with Crippen LogP contribution in [0.5, 0.6) is 0 Å². The summed E-state index contributed by atoms with van der Waals surface area (Å²) in [4.78, 5) is 16.1. The molecule has 1 aliphatic rings. The van der Waals surface area contributed by atoms with Gasteiger partial charge < -0.3 is 0 Å². The van der Waals surface area contributed by atoms with Crippen molar-refractivity contribution in [2.45, 2.75) is 0 Å². The highest BCUT2D eigenvalue weighted by atomic mass is 16.1. The van der Waals surface area contributed by atoms with Crippen molar-refractivity contribution in [3.63, 3.8) is 0 Å². The van der Waals surface area contributed by atoms with Crippen molar-refractivity contribution < 1.29 is 4.79 Å². The predicted octanol–water partition coefficient (Wildman–Crippen LogP) is 2.72. The van der Waals surface area contributed by atoms with Gasteiger partial charge in [-0.05, 0) is 0 Å². The number of Topliss-reactive ketones (excluding diaryl/α,β-unsaturated/α-hetero) is 1. The zero-order valence-electron chi connectivity index (χ0n) is 9.26. The summed E-state index contributed by atoms with van der Waals surface area (Å²) in [5, 5.41) is 0. The van der Waals surface area contributed by atoms with E-state index in [2.05, 4.69) is 4.99 Å². The average Bonchev–Trinajstić information content (AvgIpc) is 2.41. The normalized spacial score (nSPS) is 14.1. The van der Waals surface area contributed by atoms with Crippen molar-refractivity contribution in [1.29, 1.82) is 0 Å². The fourth-order valence-electron chi connectivity index (χ4n) is 2.10. The lowest BCUT2D eigenvalue weighted by molar-refractivity contribution is 0.100. The Morgan fingerprint density at radius 1 is 0.824 bits per heavy atom. The van der Waals surface area contributed by atoms with E-state index in [0.717, 1.165) is 22.4 Å². The molecule has 0 fully saturated rings. The van der Waals surface area contributed by atoms with Gasteiger partial charge in [-0.25, -0.2) is 0 Å². The largest absolute Gasteiger partial charge is 0.292 e. The van der Waals surface area contributed by atoms with Gasteiger partial charge in [0.05, 0.1) is 5.71 Å². The van der Waals surface area contributed by atoms with Gasteiger partial charge in [-0.2, -0.15) is 0 Å². The second-order valence-corrected chi connectivity index (χ2v) is 4.00. The van der Waals surface area contributed by atoms with Crippen molar-refractivity contribution >= 4 is 11.5 Å². The van der Waals surface area contributed by atoms with Gasteiger partial charge in [0, 0.05) is 16.7 Å². The van der Waals surface area contributed by atoms with Crippen molar-refractivity contribution in [2.75, 3.05) is 6.54 Å². The van der Waals surface area contributed by atoms with Crippen molar-refractivity contribution in [2.24, 2.45) is 4.99 Å². The van der Waals surface area contributed by atoms with Gasteiger partial charge in [0.25, 0.3) is 0 Å². The molecule has 0 N–H and O–H groups in total. The highest BCUT2D eigenvalue weighted by molar-refractivity contribution is 6.21. The first-order chi connectivity index (χ1) is 8.36. The quantitative estimate of drug-likeness (QED) is 0.728. The molecule has 3 rings (SSSR count). The lowest BCUT2D eigenvalue weighted by Gasteiger charge is -2.15. The molecule has 0 radical (unpaired) electrons. The van der Waals surface area contributed by atoms with E-state index in [1.807, 2.05) is 54.6 Å². The summed E-state index contributed by atoms with van der Waals surface area (Å²) in [7, 11) is 0. The average molecular weight is 221 g/mol. The van der Waals surface area contributed by atoms with E-state index in [0.29, 0.717) is 0 Å². The Morgan fingerprint density at radius 3 is 2.24 bits per heavy atom. The zero-order chi connectivity index (χ0) is 11.7. The molecule has 0 saturated carbocycles. The molecule has 0 spiro atoms. The topological polar surface area (TPSA) is 29.4 Å². The maximum atomic E-state index is 11.8. The van der Waals surface area contributed by atoms with E-state index in [1.165, 1.54) is 0 Å².